The number of Topliss-reactive ketones (excluding diaryl/α,β-unsaturated/α-hetero) is 1. The van der Waals surface area contributed by atoms with Gasteiger partial charge in [0.15, 0.2) is 11.4 Å². The topological polar surface area (TPSA) is 98.8 Å². The summed E-state index contributed by atoms with van der Waals surface area (Å²) < 4.78 is 38.9. The Bertz CT molecular complexity index is 1640. The number of hydrogen-bond donors (Lipinski definition) is 0. The first-order valence-corrected chi connectivity index (χ1v) is 15.0. The van der Waals surface area contributed by atoms with Crippen molar-refractivity contribution in [1.82, 2.24) is 4.98 Å². The molecule has 1 heterocycles. The van der Waals surface area contributed by atoms with E-state index in [0.717, 1.165) is 16.3 Å². The van der Waals surface area contributed by atoms with Crippen LogP contribution in [0, 0.1) is 5.41 Å². The number of aromatic nitrogens is 1. The van der Waals surface area contributed by atoms with Crippen molar-refractivity contribution in [1.29, 1.82) is 0 Å². The van der Waals surface area contributed by atoms with Crippen LogP contribution in [0.4, 0.5) is 0 Å². The summed E-state index contributed by atoms with van der Waals surface area (Å²) in [5.74, 6) is -0.505. The van der Waals surface area contributed by atoms with Crippen molar-refractivity contribution in [2.45, 2.75) is 85.0 Å². The molecule has 0 saturated carbocycles. The van der Waals surface area contributed by atoms with E-state index in [0.29, 0.717) is 22.2 Å². The molecular formula is C32H38N2O5S. The van der Waals surface area contributed by atoms with Crippen LogP contribution in [-0.2, 0) is 19.2 Å². The largest absolute Gasteiger partial charge is 0.434 e. The average molecular weight is 563 g/mol. The molecule has 0 radical (unpaired) electrons. The standard InChI is InChI=1S/C32H38N2O5S/c1-18(2)23-14-24(19(3)4)29(25(15-23)20(5)6)40(36,37)39-34-28(30(35)32(7,8)9)31-33-26-16-21-12-10-11-13-22(21)17-27(26)38-31/h10-20H,1-9H3/b34-28+. The maximum atomic E-state index is 13.8. The van der Waals surface area contributed by atoms with Crippen LogP contribution in [0.3, 0.4) is 0 Å². The lowest BCUT2D eigenvalue weighted by Crippen LogP contribution is -2.30. The fourth-order valence-corrected chi connectivity index (χ4v) is 5.96. The van der Waals surface area contributed by atoms with Crippen molar-refractivity contribution in [3.63, 3.8) is 0 Å². The van der Waals surface area contributed by atoms with Gasteiger partial charge in [-0.2, -0.15) is 8.42 Å². The molecule has 1 aromatic heterocycles. The van der Waals surface area contributed by atoms with Crippen LogP contribution in [0.15, 0.2) is 63.0 Å². The Morgan fingerprint density at radius 1 is 0.875 bits per heavy atom. The number of rotatable bonds is 8. The molecule has 0 N–H and O–H groups in total. The molecule has 40 heavy (non-hydrogen) atoms. The van der Waals surface area contributed by atoms with Gasteiger partial charge >= 0.3 is 10.1 Å². The number of hydrogen-bond acceptors (Lipinski definition) is 7. The maximum absolute atomic E-state index is 13.8. The van der Waals surface area contributed by atoms with Gasteiger partial charge in [-0.25, -0.2) is 4.98 Å². The number of oxime groups is 1. The number of nitrogens with zero attached hydrogens (tertiary/aromatic N) is 2. The molecule has 0 amide bonds. The van der Waals surface area contributed by atoms with Crippen LogP contribution in [0.1, 0.15) is 103 Å². The van der Waals surface area contributed by atoms with Crippen molar-refractivity contribution < 1.29 is 21.9 Å². The third-order valence-corrected chi connectivity index (χ3v) is 8.15. The summed E-state index contributed by atoms with van der Waals surface area (Å²) in [6.07, 6.45) is 0. The summed E-state index contributed by atoms with van der Waals surface area (Å²) in [6.45, 7) is 17.1. The van der Waals surface area contributed by atoms with Gasteiger partial charge in [-0.3, -0.25) is 9.08 Å². The molecule has 0 spiro atoms. The van der Waals surface area contributed by atoms with Crippen LogP contribution in [0.25, 0.3) is 21.9 Å². The van der Waals surface area contributed by atoms with Crippen LogP contribution >= 0.6 is 0 Å². The van der Waals surface area contributed by atoms with E-state index in [4.69, 9.17) is 8.70 Å². The fraction of sp³-hybridized carbons (Fsp3) is 0.406. The first-order valence-electron chi connectivity index (χ1n) is 13.6. The van der Waals surface area contributed by atoms with Gasteiger partial charge < -0.3 is 4.42 Å². The molecule has 4 rings (SSSR count). The number of ketones is 1. The van der Waals surface area contributed by atoms with E-state index in [9.17, 15) is 13.2 Å². The van der Waals surface area contributed by atoms with Crippen LogP contribution in [-0.4, -0.2) is 24.9 Å². The Labute approximate surface area is 236 Å². The zero-order valence-electron chi connectivity index (χ0n) is 24.7. The molecule has 4 aromatic rings. The minimum absolute atomic E-state index is 0.0876. The maximum Gasteiger partial charge on any atom is 0.359 e. The lowest BCUT2D eigenvalue weighted by molar-refractivity contribution is -0.119. The van der Waals surface area contributed by atoms with E-state index in [1.165, 1.54) is 0 Å². The van der Waals surface area contributed by atoms with Gasteiger partial charge in [0.2, 0.25) is 5.71 Å². The fourth-order valence-electron chi connectivity index (χ4n) is 4.55. The number of fused-ring (bicyclic) bond motifs is 2. The Hall–Kier alpha value is -3.52. The van der Waals surface area contributed by atoms with E-state index in [2.05, 4.69) is 24.0 Å². The van der Waals surface area contributed by atoms with Crippen LogP contribution in [0.2, 0.25) is 0 Å². The monoisotopic (exact) mass is 562 g/mol. The summed E-state index contributed by atoms with van der Waals surface area (Å²) in [5, 5.41) is 5.86. The van der Waals surface area contributed by atoms with Gasteiger partial charge in [-0.05, 0) is 57.3 Å². The number of carbonyl (C=O) groups is 1. The molecule has 0 aliphatic rings. The van der Waals surface area contributed by atoms with Crippen LogP contribution in [0.5, 0.6) is 0 Å². The molecule has 0 atom stereocenters. The first-order chi connectivity index (χ1) is 18.6. The molecule has 3 aromatic carbocycles. The molecule has 0 fully saturated rings. The third-order valence-electron chi connectivity index (χ3n) is 6.91. The Balaban J connectivity index is 1.87. The molecule has 0 aliphatic carbocycles. The smallest absolute Gasteiger partial charge is 0.359 e. The van der Waals surface area contributed by atoms with Gasteiger partial charge in [0.25, 0.3) is 5.89 Å². The van der Waals surface area contributed by atoms with E-state index in [-0.39, 0.29) is 34.3 Å². The summed E-state index contributed by atoms with van der Waals surface area (Å²) in [7, 11) is -4.41. The predicted octanol–water partition coefficient (Wildman–Crippen LogP) is 8.08. The minimum Gasteiger partial charge on any atom is -0.434 e. The van der Waals surface area contributed by atoms with Crippen molar-refractivity contribution in [3.05, 3.63) is 71.1 Å². The second-order valence-corrected chi connectivity index (χ2v) is 13.7. The summed E-state index contributed by atoms with van der Waals surface area (Å²) in [5.41, 5.74) is 2.16. The van der Waals surface area contributed by atoms with E-state index in [1.807, 2.05) is 76.2 Å². The molecule has 0 bridgehead atoms. The lowest BCUT2D eigenvalue weighted by Gasteiger charge is -2.21. The number of carbonyl (C=O) groups excluding carboxylic acids is 1. The summed E-state index contributed by atoms with van der Waals surface area (Å²) in [4.78, 5) is 18.1. The zero-order chi connectivity index (χ0) is 29.6. The van der Waals surface area contributed by atoms with E-state index >= 15 is 0 Å². The quantitative estimate of drug-likeness (QED) is 0.159. The first kappa shape index (κ1) is 29.5. The van der Waals surface area contributed by atoms with Gasteiger partial charge in [-0.1, -0.05) is 104 Å². The highest BCUT2D eigenvalue weighted by atomic mass is 32.2. The number of benzene rings is 3. The third kappa shape index (κ3) is 5.82. The normalized spacial score (nSPS) is 13.2. The molecule has 0 aliphatic heterocycles. The minimum atomic E-state index is -4.41. The van der Waals surface area contributed by atoms with Crippen molar-refractivity contribution in [2.75, 3.05) is 0 Å². The molecule has 212 valence electrons. The SMILES string of the molecule is CC(C)c1cc(C(C)C)c(S(=O)(=O)O/N=C(\C(=O)C(C)(C)C)c2nc3cc4ccccc4cc3o2)c(C(C)C)c1. The Morgan fingerprint density at radius 3 is 1.93 bits per heavy atom. The Morgan fingerprint density at radius 2 is 1.43 bits per heavy atom. The highest BCUT2D eigenvalue weighted by Crippen LogP contribution is 2.36. The highest BCUT2D eigenvalue weighted by molar-refractivity contribution is 7.86. The molecule has 8 heteroatoms. The van der Waals surface area contributed by atoms with Crippen LogP contribution < -0.4 is 0 Å². The summed E-state index contributed by atoms with van der Waals surface area (Å²) in [6, 6.07) is 15.3. The average Bonchev–Trinajstić information content (AvgIpc) is 3.27. The molecular weight excluding hydrogens is 524 g/mol. The summed E-state index contributed by atoms with van der Waals surface area (Å²) >= 11 is 0. The van der Waals surface area contributed by atoms with Crippen molar-refractivity contribution in [3.8, 4) is 0 Å². The number of oxazole rings is 1. The Kier molecular flexibility index (Phi) is 7.96. The highest BCUT2D eigenvalue weighted by Gasteiger charge is 2.34. The van der Waals surface area contributed by atoms with E-state index < -0.39 is 21.3 Å². The lowest BCUT2D eigenvalue weighted by atomic mass is 9.88. The van der Waals surface area contributed by atoms with Gasteiger partial charge in [-0.15, -0.1) is 0 Å². The van der Waals surface area contributed by atoms with Crippen molar-refractivity contribution >= 4 is 43.5 Å². The molecule has 0 unspecified atom stereocenters. The van der Waals surface area contributed by atoms with Gasteiger partial charge in [0, 0.05) is 5.41 Å². The zero-order valence-corrected chi connectivity index (χ0v) is 25.5. The van der Waals surface area contributed by atoms with E-state index in [1.54, 1.807) is 20.8 Å². The van der Waals surface area contributed by atoms with Crippen molar-refractivity contribution in [2.24, 2.45) is 10.6 Å². The molecule has 0 saturated heterocycles. The molecule has 7 nitrogen and oxygen atoms in total. The van der Waals surface area contributed by atoms with Gasteiger partial charge in [0.1, 0.15) is 10.4 Å². The second-order valence-electron chi connectivity index (χ2n) is 12.2. The second kappa shape index (κ2) is 10.8. The predicted molar refractivity (Wildman–Crippen MR) is 159 cm³/mol. The van der Waals surface area contributed by atoms with Gasteiger partial charge in [0.05, 0.1) is 0 Å².